The Labute approximate surface area is 126 Å². The second-order valence-corrected chi connectivity index (χ2v) is 5.20. The molecule has 2 aromatic heterocycles. The molecule has 6 heteroatoms. The zero-order chi connectivity index (χ0) is 14.8. The van der Waals surface area contributed by atoms with E-state index in [1.165, 1.54) is 6.33 Å². The summed E-state index contributed by atoms with van der Waals surface area (Å²) in [6.45, 7) is 2.72. The lowest BCUT2D eigenvalue weighted by atomic mass is 10.3. The Kier molecular flexibility index (Phi) is 3.66. The average molecular weight is 304 g/mol. The number of H-pyrrole nitrogens is 1. The first kappa shape index (κ1) is 13.7. The van der Waals surface area contributed by atoms with Crippen LogP contribution in [0.4, 0.5) is 0 Å². The molecule has 108 valence electrons. The van der Waals surface area contributed by atoms with Gasteiger partial charge in [-0.2, -0.15) is 0 Å². The largest absolute Gasteiger partial charge is 0.492 e. The highest BCUT2D eigenvalue weighted by Gasteiger charge is 2.06. The fourth-order valence-corrected chi connectivity index (χ4v) is 2.25. The number of fused-ring (bicyclic) bond motifs is 1. The van der Waals surface area contributed by atoms with E-state index < -0.39 is 0 Å². The first-order chi connectivity index (χ1) is 10.1. The molecule has 0 fully saturated rings. The number of benzene rings is 1. The minimum Gasteiger partial charge on any atom is -0.492 e. The van der Waals surface area contributed by atoms with Gasteiger partial charge in [-0.3, -0.25) is 9.36 Å². The molecule has 0 unspecified atom stereocenters. The zero-order valence-corrected chi connectivity index (χ0v) is 12.2. The predicted molar refractivity (Wildman–Crippen MR) is 82.0 cm³/mol. The van der Waals surface area contributed by atoms with Gasteiger partial charge >= 0.3 is 0 Å². The lowest BCUT2D eigenvalue weighted by Gasteiger charge is -2.08. The van der Waals surface area contributed by atoms with Gasteiger partial charge in [-0.25, -0.2) is 4.98 Å². The Morgan fingerprint density at radius 3 is 2.86 bits per heavy atom. The van der Waals surface area contributed by atoms with Crippen molar-refractivity contribution in [3.05, 3.63) is 57.7 Å². The van der Waals surface area contributed by atoms with Crippen molar-refractivity contribution in [2.75, 3.05) is 6.61 Å². The number of halogens is 1. The van der Waals surface area contributed by atoms with Crippen LogP contribution in [0.25, 0.3) is 11.0 Å². The maximum Gasteiger partial charge on any atom is 0.262 e. The minimum absolute atomic E-state index is 0.0657. The molecule has 3 rings (SSSR count). The van der Waals surface area contributed by atoms with Crippen molar-refractivity contribution >= 4 is 22.6 Å². The summed E-state index contributed by atoms with van der Waals surface area (Å²) >= 11 is 5.81. The molecular weight excluding hydrogens is 290 g/mol. The van der Waals surface area contributed by atoms with Crippen LogP contribution in [0.2, 0.25) is 5.02 Å². The number of ether oxygens (including phenoxy) is 1. The molecule has 0 aliphatic carbocycles. The molecule has 0 saturated heterocycles. The van der Waals surface area contributed by atoms with Gasteiger partial charge < -0.3 is 9.72 Å². The van der Waals surface area contributed by atoms with Gasteiger partial charge in [0.2, 0.25) is 0 Å². The van der Waals surface area contributed by atoms with E-state index in [4.69, 9.17) is 16.3 Å². The van der Waals surface area contributed by atoms with Crippen molar-refractivity contribution in [1.82, 2.24) is 14.5 Å². The lowest BCUT2D eigenvalue weighted by molar-refractivity contribution is 0.296. The molecule has 1 aromatic carbocycles. The fraction of sp³-hybridized carbons (Fsp3) is 0.200. The van der Waals surface area contributed by atoms with E-state index in [1.54, 1.807) is 34.9 Å². The molecule has 1 N–H and O–H groups in total. The monoisotopic (exact) mass is 303 g/mol. The number of aromatic amines is 1. The van der Waals surface area contributed by atoms with Gasteiger partial charge in [0.05, 0.1) is 11.9 Å². The van der Waals surface area contributed by atoms with E-state index >= 15 is 0 Å². The molecule has 3 aromatic rings. The predicted octanol–water partition coefficient (Wildman–Crippen LogP) is 2.77. The quantitative estimate of drug-likeness (QED) is 0.806. The summed E-state index contributed by atoms with van der Waals surface area (Å²) in [6.07, 6.45) is 1.53. The molecule has 2 heterocycles. The SMILES string of the molecule is Cc1cc2c(=O)n(CCOc3ccc(Cl)cc3)cnc2[nH]1. The summed E-state index contributed by atoms with van der Waals surface area (Å²) in [7, 11) is 0. The number of hydrogen-bond donors (Lipinski definition) is 1. The second kappa shape index (κ2) is 5.61. The molecule has 5 nitrogen and oxygen atoms in total. The van der Waals surface area contributed by atoms with Gasteiger partial charge in [-0.1, -0.05) is 11.6 Å². The first-order valence-corrected chi connectivity index (χ1v) is 6.94. The molecule has 0 saturated carbocycles. The Morgan fingerprint density at radius 1 is 1.33 bits per heavy atom. The first-order valence-electron chi connectivity index (χ1n) is 6.56. The Morgan fingerprint density at radius 2 is 2.10 bits per heavy atom. The second-order valence-electron chi connectivity index (χ2n) is 4.76. The number of hydrogen-bond acceptors (Lipinski definition) is 3. The summed E-state index contributed by atoms with van der Waals surface area (Å²) in [5.41, 5.74) is 1.47. The number of rotatable bonds is 4. The van der Waals surface area contributed by atoms with Gasteiger partial charge in [0.15, 0.2) is 0 Å². The third kappa shape index (κ3) is 2.92. The van der Waals surface area contributed by atoms with Crippen LogP contribution in [0.3, 0.4) is 0 Å². The Balaban J connectivity index is 1.72. The van der Waals surface area contributed by atoms with E-state index in [2.05, 4.69) is 9.97 Å². The third-order valence-electron chi connectivity index (χ3n) is 3.16. The van der Waals surface area contributed by atoms with Crippen molar-refractivity contribution in [3.8, 4) is 5.75 Å². The molecule has 0 amide bonds. The van der Waals surface area contributed by atoms with Gasteiger partial charge in [0, 0.05) is 10.7 Å². The van der Waals surface area contributed by atoms with Crippen molar-refractivity contribution in [2.45, 2.75) is 13.5 Å². The van der Waals surface area contributed by atoms with Crippen molar-refractivity contribution < 1.29 is 4.74 Å². The van der Waals surface area contributed by atoms with Crippen LogP contribution >= 0.6 is 11.6 Å². The summed E-state index contributed by atoms with van der Waals surface area (Å²) in [5.74, 6) is 0.721. The highest BCUT2D eigenvalue weighted by molar-refractivity contribution is 6.30. The highest BCUT2D eigenvalue weighted by Crippen LogP contribution is 2.15. The van der Waals surface area contributed by atoms with Crippen LogP contribution in [0.5, 0.6) is 5.75 Å². The van der Waals surface area contributed by atoms with Gasteiger partial charge in [-0.15, -0.1) is 0 Å². The topological polar surface area (TPSA) is 59.9 Å². The third-order valence-corrected chi connectivity index (χ3v) is 3.42. The summed E-state index contributed by atoms with van der Waals surface area (Å²) < 4.78 is 7.13. The highest BCUT2D eigenvalue weighted by atomic mass is 35.5. The molecule has 0 aliphatic rings. The van der Waals surface area contributed by atoms with E-state index in [-0.39, 0.29) is 5.56 Å². The smallest absolute Gasteiger partial charge is 0.262 e. The van der Waals surface area contributed by atoms with Crippen LogP contribution in [0.1, 0.15) is 5.69 Å². The molecule has 0 bridgehead atoms. The van der Waals surface area contributed by atoms with E-state index in [1.807, 2.05) is 6.92 Å². The summed E-state index contributed by atoms with van der Waals surface area (Å²) in [5, 5.41) is 1.26. The van der Waals surface area contributed by atoms with Crippen molar-refractivity contribution in [3.63, 3.8) is 0 Å². The maximum absolute atomic E-state index is 12.3. The minimum atomic E-state index is -0.0657. The average Bonchev–Trinajstić information content (AvgIpc) is 2.85. The van der Waals surface area contributed by atoms with Crippen LogP contribution < -0.4 is 10.3 Å². The normalized spacial score (nSPS) is 11.0. The Hall–Kier alpha value is -2.27. The van der Waals surface area contributed by atoms with Gasteiger partial charge in [0.25, 0.3) is 5.56 Å². The Bertz CT molecular complexity index is 821. The number of aromatic nitrogens is 3. The van der Waals surface area contributed by atoms with Crippen LogP contribution in [-0.4, -0.2) is 21.1 Å². The van der Waals surface area contributed by atoms with Crippen molar-refractivity contribution in [1.29, 1.82) is 0 Å². The van der Waals surface area contributed by atoms with Gasteiger partial charge in [0.1, 0.15) is 24.3 Å². The van der Waals surface area contributed by atoms with E-state index in [9.17, 15) is 4.79 Å². The number of nitrogens with one attached hydrogen (secondary N) is 1. The van der Waals surface area contributed by atoms with Crippen LogP contribution in [0.15, 0.2) is 41.5 Å². The van der Waals surface area contributed by atoms with Crippen molar-refractivity contribution in [2.24, 2.45) is 0 Å². The lowest BCUT2D eigenvalue weighted by Crippen LogP contribution is -2.23. The maximum atomic E-state index is 12.3. The number of nitrogens with zero attached hydrogens (tertiary/aromatic N) is 2. The van der Waals surface area contributed by atoms with Crippen LogP contribution in [-0.2, 0) is 6.54 Å². The zero-order valence-electron chi connectivity index (χ0n) is 11.5. The van der Waals surface area contributed by atoms with E-state index in [0.717, 1.165) is 11.4 Å². The van der Waals surface area contributed by atoms with Crippen LogP contribution in [0, 0.1) is 6.92 Å². The molecule has 0 spiro atoms. The summed E-state index contributed by atoms with van der Waals surface area (Å²) in [4.78, 5) is 19.5. The molecule has 0 radical (unpaired) electrons. The number of aryl methyl sites for hydroxylation is 1. The molecule has 0 atom stereocenters. The summed E-state index contributed by atoms with van der Waals surface area (Å²) in [6, 6.07) is 8.92. The molecular formula is C15H14ClN3O2. The molecule has 21 heavy (non-hydrogen) atoms. The van der Waals surface area contributed by atoms with E-state index in [0.29, 0.717) is 29.2 Å². The fourth-order valence-electron chi connectivity index (χ4n) is 2.13. The molecule has 0 aliphatic heterocycles. The standard InChI is InChI=1S/C15H14ClN3O2/c1-10-8-13-14(18-10)17-9-19(15(13)20)6-7-21-12-4-2-11(16)3-5-12/h2-5,8-9,18H,6-7H2,1H3. The van der Waals surface area contributed by atoms with Gasteiger partial charge in [-0.05, 0) is 37.3 Å².